The molecule has 0 amide bonds. The molecule has 0 aliphatic carbocycles. The van der Waals surface area contributed by atoms with Crippen LogP contribution in [0.25, 0.3) is 0 Å². The summed E-state index contributed by atoms with van der Waals surface area (Å²) in [6, 6.07) is 3.67. The fraction of sp³-hybridized carbons (Fsp3) is 0.533. The third-order valence-electron chi connectivity index (χ3n) is 3.19. The number of nitrogens with one attached hydrogen (secondary N) is 1. The second kappa shape index (κ2) is 6.48. The van der Waals surface area contributed by atoms with E-state index in [0.29, 0.717) is 17.4 Å². The average molecular weight is 328 g/mol. The van der Waals surface area contributed by atoms with Gasteiger partial charge in [-0.25, -0.2) is 0 Å². The minimum atomic E-state index is -0.530. The highest BCUT2D eigenvalue weighted by atomic mass is 35.5. The van der Waals surface area contributed by atoms with E-state index in [4.69, 9.17) is 11.6 Å². The predicted molar refractivity (Wildman–Crippen MR) is 87.9 cm³/mol. The number of halogens is 1. The number of aliphatic hydroxyl groups is 1. The van der Waals surface area contributed by atoms with Crippen LogP contribution in [0.2, 0.25) is 4.34 Å². The lowest BCUT2D eigenvalue weighted by Gasteiger charge is -2.18. The van der Waals surface area contributed by atoms with E-state index in [-0.39, 0.29) is 5.41 Å². The third kappa shape index (κ3) is 4.30. The highest BCUT2D eigenvalue weighted by molar-refractivity contribution is 7.16. The summed E-state index contributed by atoms with van der Waals surface area (Å²) in [5, 5.41) is 17.9. The molecule has 0 fully saturated rings. The van der Waals surface area contributed by atoms with Crippen molar-refractivity contribution in [3.8, 4) is 0 Å². The summed E-state index contributed by atoms with van der Waals surface area (Å²) in [7, 11) is 1.93. The summed E-state index contributed by atoms with van der Waals surface area (Å²) in [5.41, 5.74) is 2.27. The molecule has 2 N–H and O–H groups in total. The Morgan fingerprint density at radius 2 is 2.14 bits per heavy atom. The third-order valence-corrected chi connectivity index (χ3v) is 4.52. The van der Waals surface area contributed by atoms with E-state index in [9.17, 15) is 5.11 Å². The van der Waals surface area contributed by atoms with Crippen LogP contribution in [-0.4, -0.2) is 21.4 Å². The number of hydrogen-bond acceptors (Lipinski definition) is 4. The highest BCUT2D eigenvalue weighted by Crippen LogP contribution is 2.27. The number of aromatic nitrogens is 2. The van der Waals surface area contributed by atoms with Gasteiger partial charge in [0.1, 0.15) is 6.10 Å². The van der Waals surface area contributed by atoms with Gasteiger partial charge in [0.2, 0.25) is 0 Å². The number of thiophene rings is 1. The second-order valence-electron chi connectivity index (χ2n) is 6.22. The zero-order valence-corrected chi connectivity index (χ0v) is 14.4. The van der Waals surface area contributed by atoms with Crippen LogP contribution in [0.1, 0.15) is 43.0 Å². The normalized spacial score (nSPS) is 13.6. The van der Waals surface area contributed by atoms with E-state index >= 15 is 0 Å². The van der Waals surface area contributed by atoms with Crippen molar-refractivity contribution in [2.75, 3.05) is 6.54 Å². The van der Waals surface area contributed by atoms with Crippen molar-refractivity contribution >= 4 is 22.9 Å². The van der Waals surface area contributed by atoms with E-state index < -0.39 is 6.10 Å². The van der Waals surface area contributed by atoms with Gasteiger partial charge in [0, 0.05) is 42.2 Å². The summed E-state index contributed by atoms with van der Waals surface area (Å²) in [4.78, 5) is 0.884. The molecule has 0 aromatic carbocycles. The molecule has 21 heavy (non-hydrogen) atoms. The monoisotopic (exact) mass is 327 g/mol. The molecule has 0 spiro atoms. The van der Waals surface area contributed by atoms with Crippen molar-refractivity contribution in [2.24, 2.45) is 7.05 Å². The Bertz CT molecular complexity index is 600. The van der Waals surface area contributed by atoms with E-state index in [1.54, 1.807) is 0 Å². The molecule has 0 radical (unpaired) electrons. The lowest BCUT2D eigenvalue weighted by molar-refractivity contribution is 0.178. The first-order chi connectivity index (χ1) is 9.77. The standard InChI is InChI=1S/C15H22ClN3OS/c1-15(2,3)14-10(9-19(4)18-14)7-17-8-11(20)12-5-6-13(16)21-12/h5-6,9,11,17,20H,7-8H2,1-4H3. The molecule has 0 saturated heterocycles. The second-order valence-corrected chi connectivity index (χ2v) is 7.96. The minimum absolute atomic E-state index is 0.0121. The molecule has 4 nitrogen and oxygen atoms in total. The van der Waals surface area contributed by atoms with Crippen LogP contribution in [0, 0.1) is 0 Å². The van der Waals surface area contributed by atoms with E-state index in [2.05, 4.69) is 31.2 Å². The van der Waals surface area contributed by atoms with Crippen molar-refractivity contribution in [1.29, 1.82) is 0 Å². The molecule has 1 unspecified atom stereocenters. The van der Waals surface area contributed by atoms with Crippen molar-refractivity contribution in [2.45, 2.75) is 38.8 Å². The molecule has 2 aromatic rings. The van der Waals surface area contributed by atoms with Crippen molar-refractivity contribution in [1.82, 2.24) is 15.1 Å². The maximum atomic E-state index is 10.1. The van der Waals surface area contributed by atoms with Crippen LogP contribution >= 0.6 is 22.9 Å². The van der Waals surface area contributed by atoms with Gasteiger partial charge in [0.05, 0.1) is 10.0 Å². The van der Waals surface area contributed by atoms with Gasteiger partial charge >= 0.3 is 0 Å². The van der Waals surface area contributed by atoms with Crippen molar-refractivity contribution in [3.63, 3.8) is 0 Å². The average Bonchev–Trinajstić information content (AvgIpc) is 2.95. The first-order valence-corrected chi connectivity index (χ1v) is 8.14. The van der Waals surface area contributed by atoms with Crippen LogP contribution in [0.3, 0.4) is 0 Å². The molecule has 6 heteroatoms. The summed E-state index contributed by atoms with van der Waals surface area (Å²) >= 11 is 7.30. The van der Waals surface area contributed by atoms with Crippen LogP contribution < -0.4 is 5.32 Å². The molecule has 2 heterocycles. The topological polar surface area (TPSA) is 50.1 Å². The molecule has 116 valence electrons. The first-order valence-electron chi connectivity index (χ1n) is 6.94. The zero-order chi connectivity index (χ0) is 15.6. The molecular formula is C15H22ClN3OS. The molecule has 0 aliphatic heterocycles. The molecule has 0 bridgehead atoms. The summed E-state index contributed by atoms with van der Waals surface area (Å²) in [6.07, 6.45) is 1.50. The van der Waals surface area contributed by atoms with Crippen LogP contribution in [-0.2, 0) is 19.0 Å². The minimum Gasteiger partial charge on any atom is -0.386 e. The maximum Gasteiger partial charge on any atom is 0.101 e. The highest BCUT2D eigenvalue weighted by Gasteiger charge is 2.21. The lowest BCUT2D eigenvalue weighted by Crippen LogP contribution is -2.23. The van der Waals surface area contributed by atoms with Crippen molar-refractivity contribution < 1.29 is 5.11 Å². The summed E-state index contributed by atoms with van der Waals surface area (Å²) < 4.78 is 2.54. The Morgan fingerprint density at radius 1 is 1.43 bits per heavy atom. The van der Waals surface area contributed by atoms with E-state index in [1.165, 1.54) is 16.9 Å². The number of aryl methyl sites for hydroxylation is 1. The molecule has 2 aromatic heterocycles. The molecule has 1 atom stereocenters. The van der Waals surface area contributed by atoms with Crippen LogP contribution in [0.5, 0.6) is 0 Å². The van der Waals surface area contributed by atoms with Crippen molar-refractivity contribution in [3.05, 3.63) is 38.8 Å². The Balaban J connectivity index is 1.95. The fourth-order valence-electron chi connectivity index (χ4n) is 2.25. The zero-order valence-electron chi connectivity index (χ0n) is 12.9. The summed E-state index contributed by atoms with van der Waals surface area (Å²) in [5.74, 6) is 0. The Labute approximate surface area is 134 Å². The Hall–Kier alpha value is -0.880. The molecule has 0 aliphatic rings. The number of hydrogen-bond donors (Lipinski definition) is 2. The lowest BCUT2D eigenvalue weighted by atomic mass is 9.89. The summed E-state index contributed by atoms with van der Waals surface area (Å²) in [6.45, 7) is 7.65. The van der Waals surface area contributed by atoms with Gasteiger partial charge in [-0.15, -0.1) is 11.3 Å². The maximum absolute atomic E-state index is 10.1. The smallest absolute Gasteiger partial charge is 0.101 e. The number of rotatable bonds is 5. The quantitative estimate of drug-likeness (QED) is 0.886. The van der Waals surface area contributed by atoms with Crippen LogP contribution in [0.4, 0.5) is 0 Å². The first kappa shape index (κ1) is 16.5. The van der Waals surface area contributed by atoms with Gasteiger partial charge in [-0.2, -0.15) is 5.10 Å². The van der Waals surface area contributed by atoms with Gasteiger partial charge in [-0.1, -0.05) is 32.4 Å². The van der Waals surface area contributed by atoms with E-state index in [0.717, 1.165) is 10.6 Å². The SMILES string of the molecule is Cn1cc(CNCC(O)c2ccc(Cl)s2)c(C(C)(C)C)n1. The van der Waals surface area contributed by atoms with Gasteiger partial charge in [0.15, 0.2) is 0 Å². The van der Waals surface area contributed by atoms with Gasteiger partial charge in [0.25, 0.3) is 0 Å². The largest absolute Gasteiger partial charge is 0.386 e. The molecular weight excluding hydrogens is 306 g/mol. The number of nitrogens with zero attached hydrogens (tertiary/aromatic N) is 2. The fourth-order valence-corrected chi connectivity index (χ4v) is 3.30. The van der Waals surface area contributed by atoms with Crippen LogP contribution in [0.15, 0.2) is 18.3 Å². The Morgan fingerprint density at radius 3 is 2.71 bits per heavy atom. The van der Waals surface area contributed by atoms with Gasteiger partial charge < -0.3 is 10.4 Å². The Kier molecular flexibility index (Phi) is 5.09. The van der Waals surface area contributed by atoms with E-state index in [1.807, 2.05) is 30.1 Å². The number of aliphatic hydroxyl groups excluding tert-OH is 1. The van der Waals surface area contributed by atoms with Gasteiger partial charge in [-0.05, 0) is 12.1 Å². The van der Waals surface area contributed by atoms with Gasteiger partial charge in [-0.3, -0.25) is 4.68 Å². The predicted octanol–water partition coefficient (Wildman–Crippen LogP) is 3.26. The molecule has 0 saturated carbocycles. The molecule has 2 rings (SSSR count).